The summed E-state index contributed by atoms with van der Waals surface area (Å²) in [6.07, 6.45) is -2.49. The molecule has 1 aliphatic rings. The maximum Gasteiger partial charge on any atom is 0.416 e. The number of sulfonamides is 1. The molecular weight excluding hydrogens is 441 g/mol. The standard InChI is InChI=1S/C20H20ClF3N2O3S/c21-16-7-9-17(10-8-16)30(28,29)26(18(19(25)27)11-13-1-2-13)12-14-3-5-15(6-4-14)20(22,23)24/h3-10,13,18H,1-2,11-12H2,(H2,25,27)/t18-/m1/s1. The molecule has 5 nitrogen and oxygen atoms in total. The predicted molar refractivity (Wildman–Crippen MR) is 106 cm³/mol. The predicted octanol–water partition coefficient (Wildman–Crippen LogP) is 4.20. The van der Waals surface area contributed by atoms with E-state index in [4.69, 9.17) is 17.3 Å². The van der Waals surface area contributed by atoms with Gasteiger partial charge in [-0.3, -0.25) is 4.79 Å². The van der Waals surface area contributed by atoms with Crippen molar-refractivity contribution < 1.29 is 26.4 Å². The lowest BCUT2D eigenvalue weighted by Gasteiger charge is -2.29. The Morgan fingerprint density at radius 3 is 2.13 bits per heavy atom. The van der Waals surface area contributed by atoms with Crippen LogP contribution in [0.3, 0.4) is 0 Å². The fourth-order valence-electron chi connectivity index (χ4n) is 3.13. The summed E-state index contributed by atoms with van der Waals surface area (Å²) in [5.41, 5.74) is 5.00. The summed E-state index contributed by atoms with van der Waals surface area (Å²) in [6.45, 7) is -0.288. The van der Waals surface area contributed by atoms with E-state index in [1.54, 1.807) is 0 Å². The van der Waals surface area contributed by atoms with E-state index >= 15 is 0 Å². The first-order valence-corrected chi connectivity index (χ1v) is 11.0. The van der Waals surface area contributed by atoms with Crippen LogP contribution in [0.4, 0.5) is 13.2 Å². The third-order valence-electron chi connectivity index (χ3n) is 4.97. The molecular formula is C20H20ClF3N2O3S. The maximum absolute atomic E-state index is 13.3. The van der Waals surface area contributed by atoms with Crippen LogP contribution in [0, 0.1) is 5.92 Å². The molecule has 2 aromatic rings. The van der Waals surface area contributed by atoms with E-state index in [0.717, 1.165) is 29.3 Å². The van der Waals surface area contributed by atoms with Crippen LogP contribution in [0.2, 0.25) is 5.02 Å². The van der Waals surface area contributed by atoms with Crippen LogP contribution < -0.4 is 5.73 Å². The van der Waals surface area contributed by atoms with Crippen LogP contribution in [0.1, 0.15) is 30.4 Å². The summed E-state index contributed by atoms with van der Waals surface area (Å²) in [7, 11) is -4.16. The van der Waals surface area contributed by atoms with Gasteiger partial charge in [0.1, 0.15) is 6.04 Å². The molecule has 1 fully saturated rings. The molecule has 162 valence electrons. The minimum atomic E-state index is -4.50. The quantitative estimate of drug-likeness (QED) is 0.641. The number of nitrogens with two attached hydrogens (primary N) is 1. The van der Waals surface area contributed by atoms with Gasteiger partial charge in [0.05, 0.1) is 10.5 Å². The van der Waals surface area contributed by atoms with Gasteiger partial charge in [-0.1, -0.05) is 36.6 Å². The van der Waals surface area contributed by atoms with Crippen molar-refractivity contribution in [1.29, 1.82) is 0 Å². The van der Waals surface area contributed by atoms with Crippen molar-refractivity contribution in [3.8, 4) is 0 Å². The number of benzene rings is 2. The lowest BCUT2D eigenvalue weighted by molar-refractivity contribution is -0.137. The molecule has 0 radical (unpaired) electrons. The van der Waals surface area contributed by atoms with Gasteiger partial charge in [0.15, 0.2) is 0 Å². The Morgan fingerprint density at radius 1 is 1.10 bits per heavy atom. The molecule has 1 saturated carbocycles. The molecule has 0 spiro atoms. The SMILES string of the molecule is NC(=O)[C@@H](CC1CC1)N(Cc1ccc(C(F)(F)F)cc1)S(=O)(=O)c1ccc(Cl)cc1. The summed E-state index contributed by atoms with van der Waals surface area (Å²) in [5.74, 6) is -0.607. The topological polar surface area (TPSA) is 80.5 Å². The van der Waals surface area contributed by atoms with E-state index in [1.165, 1.54) is 36.4 Å². The van der Waals surface area contributed by atoms with Crippen molar-refractivity contribution >= 4 is 27.5 Å². The molecule has 0 aliphatic heterocycles. The summed E-state index contributed by atoms with van der Waals surface area (Å²) >= 11 is 5.84. The monoisotopic (exact) mass is 460 g/mol. The lowest BCUT2D eigenvalue weighted by atomic mass is 10.1. The minimum absolute atomic E-state index is 0.0825. The zero-order valence-corrected chi connectivity index (χ0v) is 17.3. The summed E-state index contributed by atoms with van der Waals surface area (Å²) in [4.78, 5) is 12.1. The van der Waals surface area contributed by atoms with E-state index in [1.807, 2.05) is 0 Å². The Hall–Kier alpha value is -2.10. The van der Waals surface area contributed by atoms with Gasteiger partial charge in [0, 0.05) is 11.6 Å². The Labute approximate surface area is 177 Å². The zero-order chi connectivity index (χ0) is 22.1. The van der Waals surface area contributed by atoms with Crippen molar-refractivity contribution in [3.63, 3.8) is 0 Å². The number of nitrogens with zero attached hydrogens (tertiary/aromatic N) is 1. The Balaban J connectivity index is 1.98. The first-order chi connectivity index (χ1) is 14.0. The van der Waals surface area contributed by atoms with Gasteiger partial charge in [-0.05, 0) is 54.3 Å². The van der Waals surface area contributed by atoms with Gasteiger partial charge in [-0.15, -0.1) is 0 Å². The highest BCUT2D eigenvalue weighted by atomic mass is 35.5. The van der Waals surface area contributed by atoms with E-state index in [2.05, 4.69) is 0 Å². The number of hydrogen-bond donors (Lipinski definition) is 1. The number of carbonyl (C=O) groups excluding carboxylic acids is 1. The van der Waals surface area contributed by atoms with Gasteiger partial charge in [-0.2, -0.15) is 17.5 Å². The second-order valence-electron chi connectivity index (χ2n) is 7.30. The average molecular weight is 461 g/mol. The summed E-state index contributed by atoms with van der Waals surface area (Å²) < 4.78 is 66.1. The minimum Gasteiger partial charge on any atom is -0.368 e. The van der Waals surface area contributed by atoms with Crippen LogP contribution >= 0.6 is 11.6 Å². The van der Waals surface area contributed by atoms with E-state index in [9.17, 15) is 26.4 Å². The van der Waals surface area contributed by atoms with Crippen LogP contribution in [-0.4, -0.2) is 24.7 Å². The van der Waals surface area contributed by atoms with Crippen molar-refractivity contribution in [2.45, 2.75) is 42.9 Å². The normalized spacial score (nSPS) is 15.9. The molecule has 0 bridgehead atoms. The number of amides is 1. The Kier molecular flexibility index (Phi) is 6.45. The van der Waals surface area contributed by atoms with Crippen LogP contribution in [0.15, 0.2) is 53.4 Å². The molecule has 0 aromatic heterocycles. The summed E-state index contributed by atoms with van der Waals surface area (Å²) in [6, 6.07) is 8.48. The smallest absolute Gasteiger partial charge is 0.368 e. The van der Waals surface area contributed by atoms with E-state index < -0.39 is 33.7 Å². The highest BCUT2D eigenvalue weighted by Gasteiger charge is 2.39. The molecule has 0 unspecified atom stereocenters. The maximum atomic E-state index is 13.3. The Bertz CT molecular complexity index is 1010. The van der Waals surface area contributed by atoms with E-state index in [-0.39, 0.29) is 23.8 Å². The van der Waals surface area contributed by atoms with Crippen molar-refractivity contribution in [2.24, 2.45) is 11.7 Å². The third kappa shape index (κ3) is 5.33. The molecule has 1 amide bonds. The molecule has 3 rings (SSSR count). The van der Waals surface area contributed by atoms with Crippen molar-refractivity contribution in [3.05, 3.63) is 64.7 Å². The fourth-order valence-corrected chi connectivity index (χ4v) is 4.85. The molecule has 2 aromatic carbocycles. The first-order valence-electron chi connectivity index (χ1n) is 9.21. The lowest BCUT2D eigenvalue weighted by Crippen LogP contribution is -2.47. The second kappa shape index (κ2) is 8.56. The molecule has 0 heterocycles. The fraction of sp³-hybridized carbons (Fsp3) is 0.350. The summed E-state index contributed by atoms with van der Waals surface area (Å²) in [5, 5.41) is 0.340. The van der Waals surface area contributed by atoms with E-state index in [0.29, 0.717) is 10.6 Å². The average Bonchev–Trinajstić information content (AvgIpc) is 3.48. The second-order valence-corrected chi connectivity index (χ2v) is 9.62. The van der Waals surface area contributed by atoms with Gasteiger partial charge >= 0.3 is 6.18 Å². The highest BCUT2D eigenvalue weighted by Crippen LogP contribution is 2.36. The number of halogens is 4. The largest absolute Gasteiger partial charge is 0.416 e. The van der Waals surface area contributed by atoms with Gasteiger partial charge < -0.3 is 5.73 Å². The van der Waals surface area contributed by atoms with Gasteiger partial charge in [0.25, 0.3) is 0 Å². The molecule has 1 atom stereocenters. The number of alkyl halides is 3. The third-order valence-corrected chi connectivity index (χ3v) is 7.09. The molecule has 1 aliphatic carbocycles. The Morgan fingerprint density at radius 2 is 1.67 bits per heavy atom. The zero-order valence-electron chi connectivity index (χ0n) is 15.8. The first kappa shape index (κ1) is 22.6. The van der Waals surface area contributed by atoms with Crippen molar-refractivity contribution in [2.75, 3.05) is 0 Å². The van der Waals surface area contributed by atoms with Gasteiger partial charge in [0.2, 0.25) is 15.9 Å². The number of rotatable bonds is 8. The molecule has 0 saturated heterocycles. The number of primary amides is 1. The molecule has 2 N–H and O–H groups in total. The van der Waals surface area contributed by atoms with Crippen LogP contribution in [-0.2, 0) is 27.5 Å². The van der Waals surface area contributed by atoms with Crippen LogP contribution in [0.5, 0.6) is 0 Å². The van der Waals surface area contributed by atoms with Crippen molar-refractivity contribution in [1.82, 2.24) is 4.31 Å². The molecule has 30 heavy (non-hydrogen) atoms. The number of carbonyl (C=O) groups is 1. The molecule has 10 heteroatoms. The highest BCUT2D eigenvalue weighted by molar-refractivity contribution is 7.89. The number of hydrogen-bond acceptors (Lipinski definition) is 3. The van der Waals surface area contributed by atoms with Gasteiger partial charge in [-0.25, -0.2) is 8.42 Å². The van der Waals surface area contributed by atoms with Crippen LogP contribution in [0.25, 0.3) is 0 Å².